The minimum Gasteiger partial charge on any atom is -0.460 e. The van der Waals surface area contributed by atoms with Gasteiger partial charge in [0.05, 0.1) is 0 Å². The van der Waals surface area contributed by atoms with Crippen molar-refractivity contribution in [3.05, 3.63) is 22.8 Å². The Kier molecular flexibility index (Phi) is 1.98. The standard InChI is InChI=1S/C9H7N3OS/c1-5-2-3-6(13-5)8-7(4-10)14-9(11)12-8/h2-3H,1H3,(H2,11,12). The summed E-state index contributed by atoms with van der Waals surface area (Å²) in [7, 11) is 0. The van der Waals surface area contributed by atoms with E-state index in [-0.39, 0.29) is 0 Å². The van der Waals surface area contributed by atoms with Crippen molar-refractivity contribution in [2.45, 2.75) is 6.92 Å². The Labute approximate surface area is 84.6 Å². The Morgan fingerprint density at radius 3 is 2.93 bits per heavy atom. The monoisotopic (exact) mass is 205 g/mol. The van der Waals surface area contributed by atoms with Gasteiger partial charge in [-0.25, -0.2) is 4.98 Å². The lowest BCUT2D eigenvalue weighted by Gasteiger charge is -1.89. The molecule has 0 amide bonds. The molecule has 4 nitrogen and oxygen atoms in total. The number of furan rings is 1. The number of nitrogens with zero attached hydrogens (tertiary/aromatic N) is 2. The topological polar surface area (TPSA) is 75.8 Å². The number of anilines is 1. The molecule has 0 saturated heterocycles. The van der Waals surface area contributed by atoms with Crippen LogP contribution >= 0.6 is 11.3 Å². The van der Waals surface area contributed by atoms with E-state index < -0.39 is 0 Å². The van der Waals surface area contributed by atoms with Crippen LogP contribution in [0.2, 0.25) is 0 Å². The molecular formula is C9H7N3OS. The zero-order valence-corrected chi connectivity index (χ0v) is 8.26. The highest BCUT2D eigenvalue weighted by Gasteiger charge is 2.13. The number of hydrogen-bond acceptors (Lipinski definition) is 5. The molecule has 2 N–H and O–H groups in total. The summed E-state index contributed by atoms with van der Waals surface area (Å²) in [6.45, 7) is 1.84. The molecule has 0 atom stereocenters. The van der Waals surface area contributed by atoms with Crippen LogP contribution in [-0.4, -0.2) is 4.98 Å². The van der Waals surface area contributed by atoms with Gasteiger partial charge in [0.2, 0.25) is 0 Å². The van der Waals surface area contributed by atoms with Gasteiger partial charge in [-0.2, -0.15) is 5.26 Å². The highest BCUT2D eigenvalue weighted by molar-refractivity contribution is 7.16. The first-order valence-electron chi connectivity index (χ1n) is 3.94. The molecule has 0 radical (unpaired) electrons. The molecule has 0 bridgehead atoms. The number of nitrogen functional groups attached to an aromatic ring is 1. The second-order valence-corrected chi connectivity index (χ2v) is 3.78. The fourth-order valence-corrected chi connectivity index (χ4v) is 1.78. The second-order valence-electron chi connectivity index (χ2n) is 2.75. The van der Waals surface area contributed by atoms with Crippen LogP contribution in [-0.2, 0) is 0 Å². The summed E-state index contributed by atoms with van der Waals surface area (Å²) in [5.74, 6) is 1.38. The molecule has 5 heteroatoms. The predicted molar refractivity (Wildman–Crippen MR) is 53.7 cm³/mol. The van der Waals surface area contributed by atoms with Gasteiger partial charge in [-0.3, -0.25) is 0 Å². The zero-order valence-electron chi connectivity index (χ0n) is 7.44. The summed E-state index contributed by atoms with van der Waals surface area (Å²) in [6.07, 6.45) is 0. The van der Waals surface area contributed by atoms with Gasteiger partial charge in [-0.15, -0.1) is 0 Å². The number of aryl methyl sites for hydroxylation is 1. The van der Waals surface area contributed by atoms with Crippen molar-refractivity contribution >= 4 is 16.5 Å². The van der Waals surface area contributed by atoms with Crippen LogP contribution in [0.4, 0.5) is 5.13 Å². The Balaban J connectivity index is 2.56. The average Bonchev–Trinajstić information content (AvgIpc) is 2.71. The lowest BCUT2D eigenvalue weighted by atomic mass is 10.3. The van der Waals surface area contributed by atoms with Gasteiger partial charge in [0.25, 0.3) is 0 Å². The minimum absolute atomic E-state index is 0.380. The van der Waals surface area contributed by atoms with E-state index in [1.54, 1.807) is 6.07 Å². The van der Waals surface area contributed by atoms with E-state index in [2.05, 4.69) is 4.98 Å². The number of rotatable bonds is 1. The molecule has 0 aromatic carbocycles. The van der Waals surface area contributed by atoms with E-state index >= 15 is 0 Å². The summed E-state index contributed by atoms with van der Waals surface area (Å²) in [4.78, 5) is 4.53. The van der Waals surface area contributed by atoms with Crippen LogP contribution in [0.5, 0.6) is 0 Å². The van der Waals surface area contributed by atoms with E-state index in [1.807, 2.05) is 19.1 Å². The Morgan fingerprint density at radius 1 is 1.57 bits per heavy atom. The SMILES string of the molecule is Cc1ccc(-c2nc(N)sc2C#N)o1. The number of nitriles is 1. The molecule has 2 heterocycles. The number of thiazole rings is 1. The number of aromatic nitrogens is 1. The van der Waals surface area contributed by atoms with Gasteiger partial charge in [0, 0.05) is 0 Å². The molecule has 0 saturated carbocycles. The highest BCUT2D eigenvalue weighted by Crippen LogP contribution is 2.29. The van der Waals surface area contributed by atoms with Gasteiger partial charge in [-0.05, 0) is 19.1 Å². The lowest BCUT2D eigenvalue weighted by Crippen LogP contribution is -1.82. The van der Waals surface area contributed by atoms with Gasteiger partial charge in [0.1, 0.15) is 22.4 Å². The van der Waals surface area contributed by atoms with Crippen molar-refractivity contribution in [1.29, 1.82) is 5.26 Å². The summed E-state index contributed by atoms with van der Waals surface area (Å²) in [6, 6.07) is 5.65. The first kappa shape index (κ1) is 8.78. The summed E-state index contributed by atoms with van der Waals surface area (Å²) in [5.41, 5.74) is 6.04. The molecule has 0 aliphatic heterocycles. The summed E-state index contributed by atoms with van der Waals surface area (Å²) in [5, 5.41) is 9.20. The maximum atomic E-state index is 8.82. The molecule has 14 heavy (non-hydrogen) atoms. The van der Waals surface area contributed by atoms with Crippen molar-refractivity contribution < 1.29 is 4.42 Å². The maximum absolute atomic E-state index is 8.82. The van der Waals surface area contributed by atoms with E-state index in [0.29, 0.717) is 21.5 Å². The van der Waals surface area contributed by atoms with Crippen molar-refractivity contribution in [2.24, 2.45) is 0 Å². The summed E-state index contributed by atoms with van der Waals surface area (Å²) >= 11 is 1.16. The third kappa shape index (κ3) is 1.36. The molecule has 2 aromatic heterocycles. The molecule has 70 valence electrons. The largest absolute Gasteiger partial charge is 0.460 e. The molecule has 2 rings (SSSR count). The van der Waals surface area contributed by atoms with Crippen molar-refractivity contribution in [3.8, 4) is 17.5 Å². The highest BCUT2D eigenvalue weighted by atomic mass is 32.1. The van der Waals surface area contributed by atoms with Crippen LogP contribution in [0, 0.1) is 18.3 Å². The molecule has 0 fully saturated rings. The van der Waals surface area contributed by atoms with Crippen LogP contribution in [0.15, 0.2) is 16.5 Å². The lowest BCUT2D eigenvalue weighted by molar-refractivity contribution is 0.546. The summed E-state index contributed by atoms with van der Waals surface area (Å²) < 4.78 is 5.36. The van der Waals surface area contributed by atoms with Gasteiger partial charge < -0.3 is 10.2 Å². The normalized spacial score (nSPS) is 10.0. The van der Waals surface area contributed by atoms with E-state index in [9.17, 15) is 0 Å². The smallest absolute Gasteiger partial charge is 0.181 e. The fourth-order valence-electron chi connectivity index (χ4n) is 1.14. The van der Waals surface area contributed by atoms with E-state index in [4.69, 9.17) is 15.4 Å². The molecule has 2 aromatic rings. The molecular weight excluding hydrogens is 198 g/mol. The molecule has 0 spiro atoms. The predicted octanol–water partition coefficient (Wildman–Crippen LogP) is 2.17. The fraction of sp³-hybridized carbons (Fsp3) is 0.111. The van der Waals surface area contributed by atoms with Crippen LogP contribution in [0.25, 0.3) is 11.5 Å². The third-order valence-electron chi connectivity index (χ3n) is 1.72. The van der Waals surface area contributed by atoms with E-state index in [1.165, 1.54) is 0 Å². The first-order valence-corrected chi connectivity index (χ1v) is 4.75. The van der Waals surface area contributed by atoms with Gasteiger partial charge in [0.15, 0.2) is 10.9 Å². The molecule has 0 unspecified atom stereocenters. The second kappa shape index (κ2) is 3.16. The Hall–Kier alpha value is -1.80. The van der Waals surface area contributed by atoms with Crippen molar-refractivity contribution in [1.82, 2.24) is 4.98 Å². The quantitative estimate of drug-likeness (QED) is 0.774. The van der Waals surface area contributed by atoms with Crippen LogP contribution in [0.1, 0.15) is 10.6 Å². The van der Waals surface area contributed by atoms with E-state index in [0.717, 1.165) is 17.1 Å². The molecule has 0 aliphatic rings. The zero-order chi connectivity index (χ0) is 10.1. The minimum atomic E-state index is 0.380. The van der Waals surface area contributed by atoms with Gasteiger partial charge >= 0.3 is 0 Å². The maximum Gasteiger partial charge on any atom is 0.181 e. The van der Waals surface area contributed by atoms with Crippen molar-refractivity contribution in [3.63, 3.8) is 0 Å². The van der Waals surface area contributed by atoms with Gasteiger partial charge in [-0.1, -0.05) is 11.3 Å². The van der Waals surface area contributed by atoms with Crippen LogP contribution < -0.4 is 5.73 Å². The Morgan fingerprint density at radius 2 is 2.36 bits per heavy atom. The number of hydrogen-bond donors (Lipinski definition) is 1. The first-order chi connectivity index (χ1) is 6.70. The van der Waals surface area contributed by atoms with Crippen LogP contribution in [0.3, 0.4) is 0 Å². The Bertz CT molecular complexity index is 506. The third-order valence-corrected chi connectivity index (χ3v) is 2.51. The van der Waals surface area contributed by atoms with Crippen molar-refractivity contribution in [2.75, 3.05) is 5.73 Å². The average molecular weight is 205 g/mol. The number of nitrogens with two attached hydrogens (primary N) is 1. The molecule has 0 aliphatic carbocycles.